The number of nitrogens with zero attached hydrogens (tertiary/aromatic N) is 4. The summed E-state index contributed by atoms with van der Waals surface area (Å²) in [5.41, 5.74) is 2.14. The lowest BCUT2D eigenvalue weighted by molar-refractivity contribution is -0.0643. The molecule has 2 bridgehead atoms. The second kappa shape index (κ2) is 7.52. The number of amides is 1. The molecule has 7 heteroatoms. The van der Waals surface area contributed by atoms with E-state index in [-0.39, 0.29) is 11.7 Å². The van der Waals surface area contributed by atoms with Gasteiger partial charge in [0.15, 0.2) is 5.69 Å². The number of H-pyrrole nitrogens is 1. The predicted molar refractivity (Wildman–Crippen MR) is 107 cm³/mol. The summed E-state index contributed by atoms with van der Waals surface area (Å²) in [5.74, 6) is 0.726. The maximum absolute atomic E-state index is 13.8. The van der Waals surface area contributed by atoms with Crippen molar-refractivity contribution in [2.75, 3.05) is 19.6 Å². The second-order valence-electron chi connectivity index (χ2n) is 8.93. The summed E-state index contributed by atoms with van der Waals surface area (Å²) >= 11 is 0. The molecule has 1 amide bonds. The van der Waals surface area contributed by atoms with E-state index in [1.165, 1.54) is 25.3 Å². The molecule has 1 aromatic carbocycles. The van der Waals surface area contributed by atoms with Crippen LogP contribution in [0.5, 0.6) is 0 Å². The number of fused-ring (bicyclic) bond motifs is 4. The predicted octanol–water partition coefficient (Wildman–Crippen LogP) is 2.81. The van der Waals surface area contributed by atoms with Gasteiger partial charge in [-0.1, -0.05) is 18.6 Å². The summed E-state index contributed by atoms with van der Waals surface area (Å²) < 4.78 is 13.8. The zero-order valence-corrected chi connectivity index (χ0v) is 16.9. The third-order valence-corrected chi connectivity index (χ3v) is 7.17. The number of aryl methyl sites for hydroxylation is 1. The van der Waals surface area contributed by atoms with E-state index in [0.717, 1.165) is 38.0 Å². The lowest BCUT2D eigenvalue weighted by Gasteiger charge is -2.57. The van der Waals surface area contributed by atoms with Gasteiger partial charge in [-0.3, -0.25) is 9.69 Å². The fourth-order valence-electron chi connectivity index (χ4n) is 5.90. The van der Waals surface area contributed by atoms with E-state index in [9.17, 15) is 9.18 Å². The van der Waals surface area contributed by atoms with E-state index in [1.807, 2.05) is 17.9 Å². The Balaban J connectivity index is 1.42. The van der Waals surface area contributed by atoms with Crippen LogP contribution in [0.2, 0.25) is 0 Å². The quantitative estimate of drug-likeness (QED) is 0.865. The molecule has 6 nitrogen and oxygen atoms in total. The van der Waals surface area contributed by atoms with Crippen molar-refractivity contribution in [3.05, 3.63) is 47.0 Å². The summed E-state index contributed by atoms with van der Waals surface area (Å²) in [4.78, 5) is 17.8. The molecule has 1 aromatic heterocycles. The maximum Gasteiger partial charge on any atom is 0.276 e. The molecule has 0 radical (unpaired) electrons. The standard InChI is InChI=1S/C22H28FN5O/c1-14-21(25-26-24-14)22(29)27-12-16-11-17(13-27)20(28-8-3-2-7-19(16)28)10-15-5-4-6-18(23)9-15/h4-6,9,16-17,19-20H,2-3,7-8,10-13H2,1H3,(H,24,25,26)/t16-,17+,19+,20+/m1/s1. The van der Waals surface area contributed by atoms with Gasteiger partial charge in [0, 0.05) is 25.2 Å². The Morgan fingerprint density at radius 3 is 2.90 bits per heavy atom. The molecule has 3 saturated heterocycles. The molecular formula is C22H28FN5O. The summed E-state index contributed by atoms with van der Waals surface area (Å²) in [6.07, 6.45) is 5.68. The topological polar surface area (TPSA) is 65.1 Å². The number of nitrogens with one attached hydrogen (secondary N) is 1. The molecule has 29 heavy (non-hydrogen) atoms. The first-order chi connectivity index (χ1) is 14.1. The Hall–Kier alpha value is -2.28. The normalized spacial score (nSPS) is 29.5. The van der Waals surface area contributed by atoms with Gasteiger partial charge < -0.3 is 4.90 Å². The highest BCUT2D eigenvalue weighted by Gasteiger charge is 2.48. The van der Waals surface area contributed by atoms with E-state index < -0.39 is 0 Å². The molecule has 0 unspecified atom stereocenters. The van der Waals surface area contributed by atoms with Crippen molar-refractivity contribution >= 4 is 5.91 Å². The minimum atomic E-state index is -0.173. The average molecular weight is 397 g/mol. The number of rotatable bonds is 3. The smallest absolute Gasteiger partial charge is 0.276 e. The van der Waals surface area contributed by atoms with Gasteiger partial charge in [-0.2, -0.15) is 15.4 Å². The molecule has 4 atom stereocenters. The third-order valence-electron chi connectivity index (χ3n) is 7.17. The lowest BCUT2D eigenvalue weighted by Crippen LogP contribution is -2.64. The van der Waals surface area contributed by atoms with Crippen LogP contribution < -0.4 is 0 Å². The van der Waals surface area contributed by atoms with Gasteiger partial charge in [-0.05, 0) is 68.7 Å². The number of hydrogen-bond acceptors (Lipinski definition) is 4. The van der Waals surface area contributed by atoms with Crippen molar-refractivity contribution in [3.63, 3.8) is 0 Å². The maximum atomic E-state index is 13.8. The highest BCUT2D eigenvalue weighted by Crippen LogP contribution is 2.42. The molecule has 0 saturated carbocycles. The molecule has 154 valence electrons. The Morgan fingerprint density at radius 2 is 2.10 bits per heavy atom. The van der Waals surface area contributed by atoms with E-state index >= 15 is 0 Å². The number of carbonyl (C=O) groups excluding carboxylic acids is 1. The zero-order chi connectivity index (χ0) is 20.0. The summed E-state index contributed by atoms with van der Waals surface area (Å²) in [6.45, 7) is 4.48. The first-order valence-electron chi connectivity index (χ1n) is 10.8. The number of hydrogen-bond donors (Lipinski definition) is 1. The summed E-state index contributed by atoms with van der Waals surface area (Å²) in [6, 6.07) is 7.87. The minimum Gasteiger partial charge on any atom is -0.337 e. The molecule has 5 rings (SSSR count). The first-order valence-corrected chi connectivity index (χ1v) is 10.8. The van der Waals surface area contributed by atoms with Crippen molar-refractivity contribution in [1.82, 2.24) is 25.2 Å². The summed E-state index contributed by atoms with van der Waals surface area (Å²) in [5, 5.41) is 10.7. The Bertz CT molecular complexity index is 899. The van der Waals surface area contributed by atoms with E-state index in [0.29, 0.717) is 35.3 Å². The molecule has 1 N–H and O–H groups in total. The second-order valence-corrected chi connectivity index (χ2v) is 8.93. The van der Waals surface area contributed by atoms with Crippen molar-refractivity contribution < 1.29 is 9.18 Å². The molecule has 0 spiro atoms. The van der Waals surface area contributed by atoms with Crippen LogP contribution in [0.1, 0.15) is 47.4 Å². The largest absolute Gasteiger partial charge is 0.337 e. The van der Waals surface area contributed by atoms with Crippen LogP contribution in [0.4, 0.5) is 4.39 Å². The van der Waals surface area contributed by atoms with Crippen LogP contribution in [0, 0.1) is 24.6 Å². The van der Waals surface area contributed by atoms with Gasteiger partial charge >= 0.3 is 0 Å². The van der Waals surface area contributed by atoms with Gasteiger partial charge in [0.2, 0.25) is 0 Å². The number of aromatic nitrogens is 3. The average Bonchev–Trinajstić information content (AvgIpc) is 3.16. The van der Waals surface area contributed by atoms with Gasteiger partial charge in [0.05, 0.1) is 5.69 Å². The van der Waals surface area contributed by atoms with E-state index in [2.05, 4.69) is 20.3 Å². The van der Waals surface area contributed by atoms with Crippen molar-refractivity contribution in [2.45, 2.75) is 51.1 Å². The number of halogens is 1. The van der Waals surface area contributed by atoms with Gasteiger partial charge in [0.1, 0.15) is 5.82 Å². The van der Waals surface area contributed by atoms with Crippen LogP contribution in [-0.2, 0) is 6.42 Å². The Labute approximate surface area is 170 Å². The SMILES string of the molecule is Cc1n[nH]nc1C(=O)N1C[C@H]2C[C@@H](C1)[C@H](Cc1cccc(F)c1)N1CCCC[C@@H]21. The van der Waals surface area contributed by atoms with Crippen LogP contribution in [0.15, 0.2) is 24.3 Å². The first kappa shape index (κ1) is 18.7. The van der Waals surface area contributed by atoms with Crippen LogP contribution in [0.3, 0.4) is 0 Å². The molecule has 3 fully saturated rings. The molecule has 4 heterocycles. The number of piperidine rings is 3. The molecule has 0 aliphatic carbocycles. The highest BCUT2D eigenvalue weighted by atomic mass is 19.1. The highest BCUT2D eigenvalue weighted by molar-refractivity contribution is 5.93. The molecule has 3 aliphatic rings. The lowest BCUT2D eigenvalue weighted by atomic mass is 9.71. The number of carbonyl (C=O) groups is 1. The fraction of sp³-hybridized carbons (Fsp3) is 0.591. The van der Waals surface area contributed by atoms with Gasteiger partial charge in [-0.25, -0.2) is 4.39 Å². The van der Waals surface area contributed by atoms with E-state index in [1.54, 1.807) is 12.1 Å². The number of benzene rings is 1. The van der Waals surface area contributed by atoms with Crippen LogP contribution in [0.25, 0.3) is 0 Å². The Kier molecular flexibility index (Phi) is 4.86. The zero-order valence-electron chi connectivity index (χ0n) is 16.9. The monoisotopic (exact) mass is 397 g/mol. The third kappa shape index (κ3) is 3.45. The number of aromatic amines is 1. The molecule has 2 aromatic rings. The van der Waals surface area contributed by atoms with E-state index in [4.69, 9.17) is 0 Å². The van der Waals surface area contributed by atoms with Crippen LogP contribution in [-0.4, -0.2) is 62.8 Å². The van der Waals surface area contributed by atoms with Gasteiger partial charge in [0.25, 0.3) is 5.91 Å². The Morgan fingerprint density at radius 1 is 1.24 bits per heavy atom. The fourth-order valence-corrected chi connectivity index (χ4v) is 5.90. The van der Waals surface area contributed by atoms with Crippen molar-refractivity contribution in [1.29, 1.82) is 0 Å². The summed E-state index contributed by atoms with van der Waals surface area (Å²) in [7, 11) is 0. The van der Waals surface area contributed by atoms with Crippen molar-refractivity contribution in [2.24, 2.45) is 11.8 Å². The van der Waals surface area contributed by atoms with Crippen molar-refractivity contribution in [3.8, 4) is 0 Å². The molecule has 3 aliphatic heterocycles. The van der Waals surface area contributed by atoms with Gasteiger partial charge in [-0.15, -0.1) is 0 Å². The minimum absolute atomic E-state index is 0.0142. The molecular weight excluding hydrogens is 369 g/mol. The van der Waals surface area contributed by atoms with Crippen LogP contribution >= 0.6 is 0 Å². The number of likely N-dealkylation sites (tertiary alicyclic amines) is 1.